The van der Waals surface area contributed by atoms with E-state index in [9.17, 15) is 9.59 Å². The van der Waals surface area contributed by atoms with E-state index in [4.69, 9.17) is 0 Å². The highest BCUT2D eigenvalue weighted by molar-refractivity contribution is 6.22. The van der Waals surface area contributed by atoms with Gasteiger partial charge in [0.25, 0.3) is 0 Å². The zero-order valence-electron chi connectivity index (χ0n) is 12.5. The van der Waals surface area contributed by atoms with E-state index in [1.54, 1.807) is 0 Å². The molecule has 0 saturated heterocycles. The minimum absolute atomic E-state index is 0.106. The van der Waals surface area contributed by atoms with E-state index in [1.165, 1.54) is 0 Å². The summed E-state index contributed by atoms with van der Waals surface area (Å²) in [5.41, 5.74) is 0.864. The summed E-state index contributed by atoms with van der Waals surface area (Å²) < 4.78 is 0. The van der Waals surface area contributed by atoms with Gasteiger partial charge in [-0.1, -0.05) is 20.8 Å². The van der Waals surface area contributed by atoms with Gasteiger partial charge in [-0.05, 0) is 37.5 Å². The second-order valence-corrected chi connectivity index (χ2v) is 6.79. The maximum atomic E-state index is 12.3. The van der Waals surface area contributed by atoms with Crippen molar-refractivity contribution in [1.29, 1.82) is 0 Å². The predicted molar refractivity (Wildman–Crippen MR) is 76.4 cm³/mol. The van der Waals surface area contributed by atoms with Crippen LogP contribution in [0.25, 0.3) is 0 Å². The van der Waals surface area contributed by atoms with Gasteiger partial charge in [-0.3, -0.25) is 14.6 Å². The molecule has 106 valence electrons. The van der Waals surface area contributed by atoms with Gasteiger partial charge in [0.05, 0.1) is 0 Å². The summed E-state index contributed by atoms with van der Waals surface area (Å²) in [5, 5.41) is 0. The second-order valence-electron chi connectivity index (χ2n) is 6.79. The molecule has 1 fully saturated rings. The van der Waals surface area contributed by atoms with Crippen LogP contribution in [0.5, 0.6) is 0 Å². The Bertz CT molecular complexity index is 393. The van der Waals surface area contributed by atoms with E-state index >= 15 is 0 Å². The Morgan fingerprint density at radius 2 is 1.63 bits per heavy atom. The number of rotatable bonds is 2. The lowest BCUT2D eigenvalue weighted by Crippen LogP contribution is -2.42. The topological polar surface area (TPSA) is 46.5 Å². The Labute approximate surface area is 115 Å². The van der Waals surface area contributed by atoms with Crippen LogP contribution in [0, 0.1) is 23.7 Å². The van der Waals surface area contributed by atoms with Crippen molar-refractivity contribution in [3.63, 3.8) is 0 Å². The van der Waals surface area contributed by atoms with Crippen LogP contribution in [0.1, 0.15) is 53.4 Å². The summed E-state index contributed by atoms with van der Waals surface area (Å²) in [7, 11) is 0. The molecule has 1 aliphatic carbocycles. The average molecular weight is 263 g/mol. The number of aliphatic imine (C=N–C) groups is 1. The Morgan fingerprint density at radius 3 is 2.11 bits per heavy atom. The smallest absolute Gasteiger partial charge is 0.149 e. The molecule has 3 heteroatoms. The summed E-state index contributed by atoms with van der Waals surface area (Å²) >= 11 is 0. The Kier molecular flexibility index (Phi) is 4.22. The van der Waals surface area contributed by atoms with Crippen LogP contribution in [0.3, 0.4) is 0 Å². The van der Waals surface area contributed by atoms with Crippen molar-refractivity contribution in [1.82, 2.24) is 0 Å². The van der Waals surface area contributed by atoms with Crippen molar-refractivity contribution in [3.05, 3.63) is 0 Å². The van der Waals surface area contributed by atoms with Crippen molar-refractivity contribution in [2.45, 2.75) is 59.4 Å². The fourth-order valence-corrected chi connectivity index (χ4v) is 3.45. The first-order valence-electron chi connectivity index (χ1n) is 7.50. The van der Waals surface area contributed by atoms with Crippen molar-refractivity contribution >= 4 is 17.3 Å². The molecule has 0 N–H and O–H groups in total. The molecule has 2 aliphatic rings. The third-order valence-electron chi connectivity index (χ3n) is 4.53. The van der Waals surface area contributed by atoms with E-state index in [0.717, 1.165) is 18.6 Å². The monoisotopic (exact) mass is 263 g/mol. The molecule has 1 aliphatic heterocycles. The van der Waals surface area contributed by atoms with Crippen LogP contribution in [-0.2, 0) is 9.59 Å². The molecule has 0 aromatic heterocycles. The molecule has 0 radical (unpaired) electrons. The van der Waals surface area contributed by atoms with Gasteiger partial charge in [-0.15, -0.1) is 0 Å². The molecule has 0 amide bonds. The molecular formula is C16H25NO2. The van der Waals surface area contributed by atoms with E-state index in [-0.39, 0.29) is 23.5 Å². The Morgan fingerprint density at radius 1 is 1.05 bits per heavy atom. The number of nitrogens with zero attached hydrogens (tertiary/aromatic N) is 1. The molecule has 2 rings (SSSR count). The minimum atomic E-state index is -0.514. The van der Waals surface area contributed by atoms with E-state index in [1.807, 2.05) is 0 Å². The van der Waals surface area contributed by atoms with Gasteiger partial charge in [0, 0.05) is 24.6 Å². The molecule has 1 heterocycles. The van der Waals surface area contributed by atoms with Gasteiger partial charge in [0.1, 0.15) is 17.5 Å². The third-order valence-corrected chi connectivity index (χ3v) is 4.53. The molecule has 0 aromatic rings. The van der Waals surface area contributed by atoms with Crippen LogP contribution in [0.2, 0.25) is 0 Å². The Balaban J connectivity index is 2.17. The Hall–Kier alpha value is -0.990. The van der Waals surface area contributed by atoms with Crippen LogP contribution >= 0.6 is 0 Å². The molecule has 3 nitrogen and oxygen atoms in total. The normalized spacial score (nSPS) is 36.6. The maximum absolute atomic E-state index is 12.3. The standard InChI is InChI=1S/C16H25NO2/c1-9(2)12-7-14(18)16(15(19)8-12)13-6-10(3)5-11(4)17-13/h9-12,16H,5-8H2,1-4H3. The zero-order valence-corrected chi connectivity index (χ0v) is 12.5. The van der Waals surface area contributed by atoms with Crippen molar-refractivity contribution < 1.29 is 9.59 Å². The SMILES string of the molecule is CC1CC(C2C(=O)CC(C(C)C)CC2=O)=NC(C)C1. The lowest BCUT2D eigenvalue weighted by Gasteiger charge is -2.32. The van der Waals surface area contributed by atoms with Crippen molar-refractivity contribution in [3.8, 4) is 0 Å². The van der Waals surface area contributed by atoms with E-state index < -0.39 is 5.92 Å². The van der Waals surface area contributed by atoms with Gasteiger partial charge < -0.3 is 0 Å². The largest absolute Gasteiger partial charge is 0.298 e. The van der Waals surface area contributed by atoms with Gasteiger partial charge in [-0.25, -0.2) is 0 Å². The van der Waals surface area contributed by atoms with E-state index in [0.29, 0.717) is 24.7 Å². The summed E-state index contributed by atoms with van der Waals surface area (Å²) in [6, 6.07) is 0.252. The first-order chi connectivity index (χ1) is 8.88. The molecule has 0 bridgehead atoms. The summed E-state index contributed by atoms with van der Waals surface area (Å²) in [5.74, 6) is 0.867. The van der Waals surface area contributed by atoms with Crippen LogP contribution in [0.4, 0.5) is 0 Å². The van der Waals surface area contributed by atoms with Crippen LogP contribution in [-0.4, -0.2) is 23.3 Å². The number of carbonyl (C=O) groups is 2. The average Bonchev–Trinajstić information content (AvgIpc) is 2.26. The first kappa shape index (κ1) is 14.4. The van der Waals surface area contributed by atoms with Crippen LogP contribution < -0.4 is 0 Å². The quantitative estimate of drug-likeness (QED) is 0.719. The number of ketones is 2. The molecule has 2 atom stereocenters. The predicted octanol–water partition coefficient (Wildman–Crippen LogP) is 3.07. The highest BCUT2D eigenvalue weighted by Gasteiger charge is 2.40. The summed E-state index contributed by atoms with van der Waals surface area (Å²) in [6.45, 7) is 8.44. The highest BCUT2D eigenvalue weighted by atomic mass is 16.2. The highest BCUT2D eigenvalue weighted by Crippen LogP contribution is 2.32. The molecule has 0 spiro atoms. The fourth-order valence-electron chi connectivity index (χ4n) is 3.45. The fraction of sp³-hybridized carbons (Fsp3) is 0.812. The number of hydrogen-bond donors (Lipinski definition) is 0. The second kappa shape index (κ2) is 5.56. The van der Waals surface area contributed by atoms with Gasteiger partial charge in [0.2, 0.25) is 0 Å². The van der Waals surface area contributed by atoms with Gasteiger partial charge >= 0.3 is 0 Å². The van der Waals surface area contributed by atoms with E-state index in [2.05, 4.69) is 32.7 Å². The first-order valence-corrected chi connectivity index (χ1v) is 7.50. The molecule has 19 heavy (non-hydrogen) atoms. The minimum Gasteiger partial charge on any atom is -0.298 e. The summed E-state index contributed by atoms with van der Waals surface area (Å²) in [6.07, 6.45) is 2.98. The molecule has 0 aromatic carbocycles. The lowest BCUT2D eigenvalue weighted by atomic mass is 9.72. The molecule has 2 unspecified atom stereocenters. The molecular weight excluding hydrogens is 238 g/mol. The van der Waals surface area contributed by atoms with Gasteiger partial charge in [0.15, 0.2) is 0 Å². The van der Waals surface area contributed by atoms with Gasteiger partial charge in [-0.2, -0.15) is 0 Å². The number of Topliss-reactive ketones (excluding diaryl/α,β-unsaturated/α-hetero) is 2. The lowest BCUT2D eigenvalue weighted by molar-refractivity contribution is -0.135. The maximum Gasteiger partial charge on any atom is 0.149 e. The number of hydrogen-bond acceptors (Lipinski definition) is 3. The van der Waals surface area contributed by atoms with Crippen LogP contribution in [0.15, 0.2) is 4.99 Å². The molecule has 1 saturated carbocycles. The summed E-state index contributed by atoms with van der Waals surface area (Å²) in [4.78, 5) is 29.3. The number of carbonyl (C=O) groups excluding carboxylic acids is 2. The third kappa shape index (κ3) is 3.13. The van der Waals surface area contributed by atoms with Crippen molar-refractivity contribution in [2.24, 2.45) is 28.7 Å². The van der Waals surface area contributed by atoms with Crippen molar-refractivity contribution in [2.75, 3.05) is 0 Å². The zero-order chi connectivity index (χ0) is 14.2.